The van der Waals surface area contributed by atoms with Crippen LogP contribution in [0.2, 0.25) is 0 Å². The van der Waals surface area contributed by atoms with Crippen molar-refractivity contribution in [1.82, 2.24) is 19.9 Å². The maximum atomic E-state index is 14.6. The molecule has 13 heteroatoms. The molecule has 1 N–H and O–H groups in total. The minimum Gasteiger partial charge on any atom is -0.380 e. The van der Waals surface area contributed by atoms with Crippen LogP contribution in [0.5, 0.6) is 0 Å². The van der Waals surface area contributed by atoms with Crippen molar-refractivity contribution >= 4 is 0 Å². The van der Waals surface area contributed by atoms with Gasteiger partial charge in [-0.2, -0.15) is 5.10 Å². The standard InChI is InChI=1S/C22H16F6N4O3/c1-11(22(33,8-32-10-29-9-30-32)15-3-2-12(23)4-16(15)24)34-7-13-5-18(31-35-13)14-6-17(25)20(27)21(28)19(14)26/h2-6,9-11,33H,7-8H2,1H3/t11-,22-/m1/s1. The summed E-state index contributed by atoms with van der Waals surface area (Å²) in [7, 11) is 0. The fraction of sp³-hybridized carbons (Fsp3) is 0.227. The fourth-order valence-corrected chi connectivity index (χ4v) is 3.45. The second-order valence-corrected chi connectivity index (χ2v) is 7.62. The van der Waals surface area contributed by atoms with E-state index in [4.69, 9.17) is 9.26 Å². The topological polar surface area (TPSA) is 86.2 Å². The summed E-state index contributed by atoms with van der Waals surface area (Å²) in [4.78, 5) is 3.76. The molecule has 184 valence electrons. The SMILES string of the molecule is C[C@@H](OCc1cc(-c2cc(F)c(F)c(F)c2F)no1)[C@](O)(Cn1cncn1)c1ccc(F)cc1F. The number of aliphatic hydroxyl groups is 1. The summed E-state index contributed by atoms with van der Waals surface area (Å²) in [5.41, 5.74) is -3.36. The van der Waals surface area contributed by atoms with Crippen LogP contribution < -0.4 is 0 Å². The Balaban J connectivity index is 1.57. The number of aromatic nitrogens is 4. The van der Waals surface area contributed by atoms with Crippen LogP contribution in [-0.2, 0) is 23.5 Å². The minimum absolute atomic E-state index is 0.0564. The first-order valence-electron chi connectivity index (χ1n) is 10.0. The van der Waals surface area contributed by atoms with E-state index in [1.807, 2.05) is 0 Å². The van der Waals surface area contributed by atoms with Crippen LogP contribution in [0.3, 0.4) is 0 Å². The van der Waals surface area contributed by atoms with Gasteiger partial charge in [0.25, 0.3) is 0 Å². The molecule has 0 fully saturated rings. The van der Waals surface area contributed by atoms with Gasteiger partial charge in [-0.3, -0.25) is 0 Å². The Labute approximate surface area is 193 Å². The Bertz CT molecular complexity index is 1350. The summed E-state index contributed by atoms with van der Waals surface area (Å²) in [6, 6.07) is 4.15. The van der Waals surface area contributed by atoms with Gasteiger partial charge in [-0.1, -0.05) is 11.2 Å². The van der Waals surface area contributed by atoms with Gasteiger partial charge in [-0.15, -0.1) is 0 Å². The van der Waals surface area contributed by atoms with E-state index in [-0.39, 0.29) is 23.6 Å². The van der Waals surface area contributed by atoms with Gasteiger partial charge >= 0.3 is 0 Å². The lowest BCUT2D eigenvalue weighted by atomic mass is 9.88. The van der Waals surface area contributed by atoms with Gasteiger partial charge in [0.05, 0.1) is 12.6 Å². The maximum absolute atomic E-state index is 14.6. The highest BCUT2D eigenvalue weighted by atomic mass is 19.2. The average molecular weight is 498 g/mol. The van der Waals surface area contributed by atoms with Gasteiger partial charge in [-0.25, -0.2) is 36.0 Å². The van der Waals surface area contributed by atoms with Crippen molar-refractivity contribution in [3.8, 4) is 11.3 Å². The van der Waals surface area contributed by atoms with Crippen molar-refractivity contribution in [2.45, 2.75) is 31.8 Å². The first-order chi connectivity index (χ1) is 16.6. The summed E-state index contributed by atoms with van der Waals surface area (Å²) in [5.74, 6) is -9.18. The van der Waals surface area contributed by atoms with E-state index in [1.54, 1.807) is 0 Å². The van der Waals surface area contributed by atoms with Crippen molar-refractivity contribution in [1.29, 1.82) is 0 Å². The molecule has 0 aliphatic heterocycles. The van der Waals surface area contributed by atoms with Crippen molar-refractivity contribution in [2.24, 2.45) is 0 Å². The van der Waals surface area contributed by atoms with Crippen molar-refractivity contribution < 1.29 is 40.7 Å². The van der Waals surface area contributed by atoms with Gasteiger partial charge in [-0.05, 0) is 19.1 Å². The van der Waals surface area contributed by atoms with E-state index in [2.05, 4.69) is 15.2 Å². The average Bonchev–Trinajstić information content (AvgIpc) is 3.50. The fourth-order valence-electron chi connectivity index (χ4n) is 3.45. The molecule has 2 aromatic carbocycles. The second kappa shape index (κ2) is 9.50. The molecule has 0 unspecified atom stereocenters. The van der Waals surface area contributed by atoms with Crippen molar-refractivity contribution in [3.63, 3.8) is 0 Å². The van der Waals surface area contributed by atoms with Crippen molar-refractivity contribution in [3.05, 3.63) is 89.2 Å². The van der Waals surface area contributed by atoms with Crippen LogP contribution in [0.25, 0.3) is 11.3 Å². The normalized spacial score (nSPS) is 14.2. The number of hydrogen-bond acceptors (Lipinski definition) is 6. The molecule has 35 heavy (non-hydrogen) atoms. The smallest absolute Gasteiger partial charge is 0.198 e. The summed E-state index contributed by atoms with van der Waals surface area (Å²) >= 11 is 0. The molecule has 0 amide bonds. The monoisotopic (exact) mass is 498 g/mol. The van der Waals surface area contributed by atoms with Crippen LogP contribution in [0.1, 0.15) is 18.2 Å². The third-order valence-corrected chi connectivity index (χ3v) is 5.35. The summed E-state index contributed by atoms with van der Waals surface area (Å²) < 4.78 is 94.1. The van der Waals surface area contributed by atoms with Gasteiger partial charge in [0.1, 0.15) is 42.2 Å². The van der Waals surface area contributed by atoms with Gasteiger partial charge in [0.2, 0.25) is 0 Å². The summed E-state index contributed by atoms with van der Waals surface area (Å²) in [6.07, 6.45) is 1.30. The van der Waals surface area contributed by atoms with Crippen LogP contribution >= 0.6 is 0 Å². The predicted octanol–water partition coefficient (Wildman–Crippen LogP) is 4.26. The van der Waals surface area contributed by atoms with Crippen LogP contribution in [0.15, 0.2) is 47.5 Å². The van der Waals surface area contributed by atoms with Crippen LogP contribution in [0, 0.1) is 34.9 Å². The molecule has 0 aliphatic rings. The summed E-state index contributed by atoms with van der Waals surface area (Å²) in [5, 5.41) is 18.8. The molecule has 0 aliphatic carbocycles. The van der Waals surface area contributed by atoms with Gasteiger partial charge in [0, 0.05) is 23.3 Å². The molecule has 2 atom stereocenters. The first kappa shape index (κ1) is 24.4. The molecule has 0 radical (unpaired) electrons. The van der Waals surface area contributed by atoms with Crippen molar-refractivity contribution in [2.75, 3.05) is 0 Å². The van der Waals surface area contributed by atoms with E-state index in [0.29, 0.717) is 12.1 Å². The quantitative estimate of drug-likeness (QED) is 0.222. The summed E-state index contributed by atoms with van der Waals surface area (Å²) in [6.45, 7) is 0.684. The molecule has 4 aromatic rings. The van der Waals surface area contributed by atoms with Gasteiger partial charge in [0.15, 0.2) is 29.0 Å². The van der Waals surface area contributed by atoms with Crippen LogP contribution in [0.4, 0.5) is 26.3 Å². The zero-order chi connectivity index (χ0) is 25.3. The Morgan fingerprint density at radius 2 is 1.80 bits per heavy atom. The lowest BCUT2D eigenvalue weighted by molar-refractivity contribution is -0.126. The molecule has 0 saturated carbocycles. The van der Waals surface area contributed by atoms with E-state index in [1.165, 1.54) is 24.3 Å². The van der Waals surface area contributed by atoms with Crippen LogP contribution in [-0.4, -0.2) is 31.1 Å². The molecule has 7 nitrogen and oxygen atoms in total. The van der Waals surface area contributed by atoms with Gasteiger partial charge < -0.3 is 14.4 Å². The number of hydrogen-bond donors (Lipinski definition) is 1. The molecule has 2 heterocycles. The number of rotatable bonds is 8. The number of nitrogens with zero attached hydrogens (tertiary/aromatic N) is 4. The Morgan fingerprint density at radius 1 is 1.03 bits per heavy atom. The molecule has 0 saturated heterocycles. The Hall–Kier alpha value is -3.71. The zero-order valence-corrected chi connectivity index (χ0v) is 17.9. The highest BCUT2D eigenvalue weighted by Gasteiger charge is 2.40. The third kappa shape index (κ3) is 4.77. The minimum atomic E-state index is -2.07. The predicted molar refractivity (Wildman–Crippen MR) is 106 cm³/mol. The molecule has 0 bridgehead atoms. The first-order valence-corrected chi connectivity index (χ1v) is 10.0. The Morgan fingerprint density at radius 3 is 2.49 bits per heavy atom. The molecular formula is C22H16F6N4O3. The van der Waals surface area contributed by atoms with E-state index >= 15 is 0 Å². The Kier molecular flexibility index (Phi) is 6.63. The molecular weight excluding hydrogens is 482 g/mol. The van der Waals surface area contributed by atoms with E-state index in [0.717, 1.165) is 18.2 Å². The number of halogens is 6. The zero-order valence-electron chi connectivity index (χ0n) is 17.9. The highest BCUT2D eigenvalue weighted by molar-refractivity contribution is 5.60. The molecule has 4 rings (SSSR count). The number of benzene rings is 2. The van der Waals surface area contributed by atoms with E-state index < -0.39 is 58.8 Å². The highest BCUT2D eigenvalue weighted by Crippen LogP contribution is 2.33. The third-order valence-electron chi connectivity index (χ3n) is 5.35. The molecule has 0 spiro atoms. The lowest BCUT2D eigenvalue weighted by Gasteiger charge is -2.34. The largest absolute Gasteiger partial charge is 0.380 e. The number of ether oxygens (including phenoxy) is 1. The molecule has 2 aromatic heterocycles. The maximum Gasteiger partial charge on any atom is 0.198 e. The second-order valence-electron chi connectivity index (χ2n) is 7.62. The van der Waals surface area contributed by atoms with E-state index in [9.17, 15) is 31.4 Å². The lowest BCUT2D eigenvalue weighted by Crippen LogP contribution is -2.44.